The lowest BCUT2D eigenvalue weighted by Gasteiger charge is -2.33. The second kappa shape index (κ2) is 4.76. The van der Waals surface area contributed by atoms with Gasteiger partial charge in [0, 0.05) is 11.7 Å². The number of benzene rings is 1. The van der Waals surface area contributed by atoms with Crippen molar-refractivity contribution in [3.8, 4) is 0 Å². The first kappa shape index (κ1) is 12.3. The van der Waals surface area contributed by atoms with E-state index in [0.717, 1.165) is 28.6 Å². The molecule has 4 heteroatoms. The molecule has 4 nitrogen and oxygen atoms in total. The number of hydrogen-bond acceptors (Lipinski definition) is 2. The Kier molecular flexibility index (Phi) is 3.09. The minimum atomic E-state index is -0.146. The van der Waals surface area contributed by atoms with Gasteiger partial charge in [0.15, 0.2) is 0 Å². The molecule has 3 rings (SSSR count). The van der Waals surface area contributed by atoms with Gasteiger partial charge in [0.2, 0.25) is 0 Å². The third kappa shape index (κ3) is 2.53. The highest BCUT2D eigenvalue weighted by molar-refractivity contribution is 5.78. The van der Waals surface area contributed by atoms with E-state index in [1.54, 1.807) is 0 Å². The van der Waals surface area contributed by atoms with E-state index in [9.17, 15) is 4.79 Å². The number of aromatic amines is 2. The van der Waals surface area contributed by atoms with Crippen LogP contribution < -0.4 is 11.0 Å². The Morgan fingerprint density at radius 3 is 2.68 bits per heavy atom. The molecule has 1 aliphatic carbocycles. The molecule has 1 saturated carbocycles. The Hall–Kier alpha value is -1.71. The minimum Gasteiger partial charge on any atom is -0.382 e. The van der Waals surface area contributed by atoms with E-state index in [0.29, 0.717) is 6.04 Å². The molecule has 0 radical (unpaired) electrons. The Balaban J connectivity index is 1.76. The maximum absolute atomic E-state index is 11.2. The van der Waals surface area contributed by atoms with Gasteiger partial charge in [-0.25, -0.2) is 4.79 Å². The molecule has 1 fully saturated rings. The third-order valence-corrected chi connectivity index (χ3v) is 4.48. The van der Waals surface area contributed by atoms with Gasteiger partial charge in [-0.15, -0.1) is 0 Å². The summed E-state index contributed by atoms with van der Waals surface area (Å²) in [5, 5.41) is 3.60. The van der Waals surface area contributed by atoms with E-state index in [2.05, 4.69) is 29.1 Å². The van der Waals surface area contributed by atoms with Gasteiger partial charge in [0.25, 0.3) is 0 Å². The molecular weight excluding hydrogens is 238 g/mol. The zero-order valence-electron chi connectivity index (χ0n) is 11.5. The molecule has 0 aliphatic heterocycles. The number of nitrogens with one attached hydrogen (secondary N) is 3. The predicted molar refractivity (Wildman–Crippen MR) is 78.5 cm³/mol. The Morgan fingerprint density at radius 1 is 1.11 bits per heavy atom. The lowest BCUT2D eigenvalue weighted by molar-refractivity contribution is 0.261. The fourth-order valence-corrected chi connectivity index (χ4v) is 3.04. The van der Waals surface area contributed by atoms with Gasteiger partial charge in [-0.05, 0) is 49.3 Å². The van der Waals surface area contributed by atoms with Gasteiger partial charge in [-0.3, -0.25) is 0 Å². The van der Waals surface area contributed by atoms with Crippen molar-refractivity contribution < 1.29 is 0 Å². The van der Waals surface area contributed by atoms with Gasteiger partial charge in [0.05, 0.1) is 11.0 Å². The molecule has 3 unspecified atom stereocenters. The Morgan fingerprint density at radius 2 is 1.89 bits per heavy atom. The van der Waals surface area contributed by atoms with Crippen LogP contribution >= 0.6 is 0 Å². The SMILES string of the molecule is CC1CCC(Nc2ccc3[nH]c(=O)[nH]c3c2)CC1C. The summed E-state index contributed by atoms with van der Waals surface area (Å²) >= 11 is 0. The van der Waals surface area contributed by atoms with Crippen molar-refractivity contribution in [1.29, 1.82) is 0 Å². The van der Waals surface area contributed by atoms with Crippen molar-refractivity contribution in [2.45, 2.75) is 39.2 Å². The summed E-state index contributed by atoms with van der Waals surface area (Å²) < 4.78 is 0. The van der Waals surface area contributed by atoms with Crippen LogP contribution in [-0.4, -0.2) is 16.0 Å². The second-order valence-corrected chi connectivity index (χ2v) is 5.95. The number of H-pyrrole nitrogens is 2. The molecule has 3 N–H and O–H groups in total. The largest absolute Gasteiger partial charge is 0.382 e. The highest BCUT2D eigenvalue weighted by Crippen LogP contribution is 2.31. The molecule has 1 aromatic carbocycles. The van der Waals surface area contributed by atoms with Crippen LogP contribution in [0.3, 0.4) is 0 Å². The third-order valence-electron chi connectivity index (χ3n) is 4.48. The molecule has 1 aromatic heterocycles. The number of imidazole rings is 1. The van der Waals surface area contributed by atoms with E-state index < -0.39 is 0 Å². The van der Waals surface area contributed by atoms with Crippen LogP contribution in [0, 0.1) is 11.8 Å². The minimum absolute atomic E-state index is 0.146. The molecule has 102 valence electrons. The van der Waals surface area contributed by atoms with E-state index in [1.807, 2.05) is 18.2 Å². The molecule has 1 aliphatic rings. The summed E-state index contributed by atoms with van der Waals surface area (Å²) in [7, 11) is 0. The number of aromatic nitrogens is 2. The summed E-state index contributed by atoms with van der Waals surface area (Å²) in [4.78, 5) is 16.8. The average molecular weight is 259 g/mol. The molecule has 0 bridgehead atoms. The number of hydrogen-bond donors (Lipinski definition) is 3. The van der Waals surface area contributed by atoms with Crippen molar-refractivity contribution in [2.75, 3.05) is 5.32 Å². The van der Waals surface area contributed by atoms with Crippen LogP contribution in [0.2, 0.25) is 0 Å². The maximum Gasteiger partial charge on any atom is 0.323 e. The van der Waals surface area contributed by atoms with Crippen LogP contribution in [0.25, 0.3) is 11.0 Å². The number of fused-ring (bicyclic) bond motifs is 1. The summed E-state index contributed by atoms with van der Waals surface area (Å²) in [5.41, 5.74) is 2.68. The smallest absolute Gasteiger partial charge is 0.323 e. The molecule has 3 atom stereocenters. The summed E-state index contributed by atoms with van der Waals surface area (Å²) in [5.74, 6) is 1.61. The molecule has 2 aromatic rings. The monoisotopic (exact) mass is 259 g/mol. The second-order valence-electron chi connectivity index (χ2n) is 5.95. The van der Waals surface area contributed by atoms with Crippen LogP contribution in [0.5, 0.6) is 0 Å². The maximum atomic E-state index is 11.2. The van der Waals surface area contributed by atoms with Gasteiger partial charge in [0.1, 0.15) is 0 Å². The van der Waals surface area contributed by atoms with Crippen LogP contribution in [-0.2, 0) is 0 Å². The number of rotatable bonds is 2. The highest BCUT2D eigenvalue weighted by atomic mass is 16.1. The summed E-state index contributed by atoms with van der Waals surface area (Å²) in [6, 6.07) is 6.55. The predicted octanol–water partition coefficient (Wildman–Crippen LogP) is 3.09. The lowest BCUT2D eigenvalue weighted by Crippen LogP contribution is -2.30. The fraction of sp³-hybridized carbons (Fsp3) is 0.533. The fourth-order valence-electron chi connectivity index (χ4n) is 3.04. The van der Waals surface area contributed by atoms with Crippen molar-refractivity contribution >= 4 is 16.7 Å². The zero-order chi connectivity index (χ0) is 13.4. The van der Waals surface area contributed by atoms with E-state index in [1.165, 1.54) is 19.3 Å². The van der Waals surface area contributed by atoms with Crippen molar-refractivity contribution in [2.24, 2.45) is 11.8 Å². The summed E-state index contributed by atoms with van der Waals surface area (Å²) in [6.07, 6.45) is 3.75. The zero-order valence-corrected chi connectivity index (χ0v) is 11.5. The van der Waals surface area contributed by atoms with Gasteiger partial charge in [-0.2, -0.15) is 0 Å². The van der Waals surface area contributed by atoms with Crippen molar-refractivity contribution in [3.05, 3.63) is 28.7 Å². The quantitative estimate of drug-likeness (QED) is 0.776. The van der Waals surface area contributed by atoms with Crippen molar-refractivity contribution in [1.82, 2.24) is 9.97 Å². The van der Waals surface area contributed by atoms with Crippen molar-refractivity contribution in [3.63, 3.8) is 0 Å². The van der Waals surface area contributed by atoms with Gasteiger partial charge >= 0.3 is 5.69 Å². The first-order chi connectivity index (χ1) is 9.11. The topological polar surface area (TPSA) is 60.7 Å². The van der Waals surface area contributed by atoms with Crippen LogP contribution in [0.4, 0.5) is 5.69 Å². The van der Waals surface area contributed by atoms with Gasteiger partial charge in [-0.1, -0.05) is 13.8 Å². The van der Waals surface area contributed by atoms with Crippen LogP contribution in [0.15, 0.2) is 23.0 Å². The Labute approximate surface area is 112 Å². The first-order valence-corrected chi connectivity index (χ1v) is 7.10. The van der Waals surface area contributed by atoms with E-state index in [4.69, 9.17) is 0 Å². The first-order valence-electron chi connectivity index (χ1n) is 7.10. The lowest BCUT2D eigenvalue weighted by atomic mass is 9.79. The molecule has 0 amide bonds. The summed E-state index contributed by atoms with van der Waals surface area (Å²) in [6.45, 7) is 4.68. The normalized spacial score (nSPS) is 27.6. The molecule has 1 heterocycles. The standard InChI is InChI=1S/C15H21N3O/c1-9-3-4-11(7-10(9)2)16-12-5-6-13-14(8-12)18-15(19)17-13/h5-6,8-11,16H,3-4,7H2,1-2H3,(H2,17,18,19). The average Bonchev–Trinajstić information content (AvgIpc) is 2.73. The Bertz CT molecular complexity index is 628. The van der Waals surface area contributed by atoms with E-state index >= 15 is 0 Å². The molecule has 19 heavy (non-hydrogen) atoms. The number of anilines is 1. The molecule has 0 spiro atoms. The van der Waals surface area contributed by atoms with E-state index in [-0.39, 0.29) is 5.69 Å². The molecular formula is C15H21N3O. The molecule has 0 saturated heterocycles. The van der Waals surface area contributed by atoms with Crippen LogP contribution in [0.1, 0.15) is 33.1 Å². The van der Waals surface area contributed by atoms with Gasteiger partial charge < -0.3 is 15.3 Å². The highest BCUT2D eigenvalue weighted by Gasteiger charge is 2.24.